The van der Waals surface area contributed by atoms with Gasteiger partial charge in [-0.15, -0.1) is 0 Å². The molecule has 0 aromatic carbocycles. The van der Waals surface area contributed by atoms with Crippen molar-refractivity contribution in [2.75, 3.05) is 33.4 Å². The second-order valence-electron chi connectivity index (χ2n) is 3.67. The van der Waals surface area contributed by atoms with Crippen LogP contribution in [-0.4, -0.2) is 64.3 Å². The number of esters is 1. The summed E-state index contributed by atoms with van der Waals surface area (Å²) < 4.78 is 70.8. The normalized spacial score (nSPS) is 22.2. The maximum atomic E-state index is 12.0. The predicted molar refractivity (Wildman–Crippen MR) is 56.3 cm³/mol. The standard InChI is InChI=1S/C8H13F3N2O5S/c1-17-7(14)6-4-18-3-2-13(6)19(15,16)12-5-8(9,10)11/h6,12H,2-5H2,1H3. The number of morpholine rings is 1. The molecule has 7 nitrogen and oxygen atoms in total. The molecule has 19 heavy (non-hydrogen) atoms. The van der Waals surface area contributed by atoms with E-state index in [-0.39, 0.29) is 19.8 Å². The quantitative estimate of drug-likeness (QED) is 0.691. The molecule has 1 atom stereocenters. The van der Waals surface area contributed by atoms with Crippen LogP contribution in [-0.2, 0) is 24.5 Å². The molecular weight excluding hydrogens is 293 g/mol. The maximum Gasteiger partial charge on any atom is 0.402 e. The Morgan fingerprint density at radius 3 is 2.68 bits per heavy atom. The number of halogens is 3. The van der Waals surface area contributed by atoms with Gasteiger partial charge in [-0.3, -0.25) is 4.79 Å². The van der Waals surface area contributed by atoms with Gasteiger partial charge in [-0.2, -0.15) is 30.6 Å². The van der Waals surface area contributed by atoms with E-state index in [0.29, 0.717) is 4.31 Å². The van der Waals surface area contributed by atoms with Crippen LogP contribution in [0.5, 0.6) is 0 Å². The van der Waals surface area contributed by atoms with Gasteiger partial charge < -0.3 is 9.47 Å². The highest BCUT2D eigenvalue weighted by atomic mass is 32.2. The predicted octanol–water partition coefficient (Wildman–Crippen LogP) is -0.743. The number of ether oxygens (including phenoxy) is 2. The smallest absolute Gasteiger partial charge is 0.402 e. The van der Waals surface area contributed by atoms with E-state index in [1.54, 1.807) is 0 Å². The summed E-state index contributed by atoms with van der Waals surface area (Å²) in [6, 6.07) is -1.29. The Morgan fingerprint density at radius 2 is 2.16 bits per heavy atom. The van der Waals surface area contributed by atoms with Gasteiger partial charge in [0.1, 0.15) is 12.6 Å². The Kier molecular flexibility index (Phi) is 5.12. The van der Waals surface area contributed by atoms with E-state index in [1.807, 2.05) is 0 Å². The van der Waals surface area contributed by atoms with Gasteiger partial charge in [0.05, 0.1) is 20.3 Å². The Bertz CT molecular complexity index is 425. The molecule has 1 aliphatic rings. The van der Waals surface area contributed by atoms with E-state index in [1.165, 1.54) is 4.72 Å². The van der Waals surface area contributed by atoms with E-state index in [2.05, 4.69) is 4.74 Å². The molecule has 1 unspecified atom stereocenters. The summed E-state index contributed by atoms with van der Waals surface area (Å²) in [4.78, 5) is 11.4. The van der Waals surface area contributed by atoms with Crippen LogP contribution in [0.2, 0.25) is 0 Å². The van der Waals surface area contributed by atoms with Gasteiger partial charge in [-0.05, 0) is 0 Å². The maximum absolute atomic E-state index is 12.0. The van der Waals surface area contributed by atoms with Gasteiger partial charge in [-0.1, -0.05) is 0 Å². The Hall–Kier alpha value is -0.910. The number of hydrogen-bond acceptors (Lipinski definition) is 5. The molecule has 1 heterocycles. The number of hydrogen-bond donors (Lipinski definition) is 1. The molecule has 0 aliphatic carbocycles. The van der Waals surface area contributed by atoms with Gasteiger partial charge in [0.2, 0.25) is 0 Å². The fourth-order valence-corrected chi connectivity index (χ4v) is 2.76. The molecule has 0 bridgehead atoms. The molecule has 1 fully saturated rings. The zero-order valence-electron chi connectivity index (χ0n) is 9.94. The summed E-state index contributed by atoms with van der Waals surface area (Å²) in [5.74, 6) is -0.892. The first kappa shape index (κ1) is 16.1. The van der Waals surface area contributed by atoms with Crippen LogP contribution in [0.3, 0.4) is 0 Å². The Labute approximate surface area is 107 Å². The minimum atomic E-state index is -4.68. The van der Waals surface area contributed by atoms with Crippen LogP contribution in [0.15, 0.2) is 0 Å². The van der Waals surface area contributed by atoms with Crippen molar-refractivity contribution < 1.29 is 35.9 Å². The highest BCUT2D eigenvalue weighted by molar-refractivity contribution is 7.87. The van der Waals surface area contributed by atoms with Gasteiger partial charge in [0.25, 0.3) is 10.2 Å². The molecule has 1 saturated heterocycles. The SMILES string of the molecule is COC(=O)C1COCCN1S(=O)(=O)NCC(F)(F)F. The summed E-state index contributed by atoms with van der Waals surface area (Å²) in [5, 5.41) is 0. The van der Waals surface area contributed by atoms with Crippen LogP contribution in [0.25, 0.3) is 0 Å². The molecule has 0 amide bonds. The van der Waals surface area contributed by atoms with E-state index < -0.39 is 34.9 Å². The zero-order valence-corrected chi connectivity index (χ0v) is 10.8. The summed E-state index contributed by atoms with van der Waals surface area (Å²) >= 11 is 0. The number of rotatable bonds is 4. The van der Waals surface area contributed by atoms with Crippen molar-refractivity contribution in [3.63, 3.8) is 0 Å². The van der Waals surface area contributed by atoms with Crippen LogP contribution >= 0.6 is 0 Å². The molecule has 0 saturated carbocycles. The fourth-order valence-electron chi connectivity index (χ4n) is 1.45. The molecule has 0 radical (unpaired) electrons. The summed E-state index contributed by atoms with van der Waals surface area (Å²) in [5.41, 5.74) is 0. The van der Waals surface area contributed by atoms with Crippen molar-refractivity contribution in [2.24, 2.45) is 0 Å². The minimum absolute atomic E-state index is 0.0135. The molecule has 0 aromatic heterocycles. The second-order valence-corrected chi connectivity index (χ2v) is 5.37. The third-order valence-electron chi connectivity index (χ3n) is 2.32. The first-order valence-electron chi connectivity index (χ1n) is 5.16. The topological polar surface area (TPSA) is 84.9 Å². The highest BCUT2D eigenvalue weighted by Crippen LogP contribution is 2.16. The van der Waals surface area contributed by atoms with E-state index >= 15 is 0 Å². The van der Waals surface area contributed by atoms with Crippen molar-refractivity contribution in [1.82, 2.24) is 9.03 Å². The monoisotopic (exact) mass is 306 g/mol. The molecule has 0 spiro atoms. The fraction of sp³-hybridized carbons (Fsp3) is 0.875. The minimum Gasteiger partial charge on any atom is -0.468 e. The average molecular weight is 306 g/mol. The average Bonchev–Trinajstić information content (AvgIpc) is 2.35. The van der Waals surface area contributed by atoms with E-state index in [9.17, 15) is 26.4 Å². The molecule has 0 aromatic rings. The first-order chi connectivity index (χ1) is 8.67. The first-order valence-corrected chi connectivity index (χ1v) is 6.60. The van der Waals surface area contributed by atoms with Crippen LogP contribution < -0.4 is 4.72 Å². The number of nitrogens with one attached hydrogen (secondary N) is 1. The molecule has 112 valence electrons. The van der Waals surface area contributed by atoms with Gasteiger partial charge in [-0.25, -0.2) is 0 Å². The van der Waals surface area contributed by atoms with Crippen molar-refractivity contribution in [2.45, 2.75) is 12.2 Å². The van der Waals surface area contributed by atoms with Crippen LogP contribution in [0.1, 0.15) is 0 Å². The Morgan fingerprint density at radius 1 is 1.53 bits per heavy atom. The van der Waals surface area contributed by atoms with Crippen LogP contribution in [0.4, 0.5) is 13.2 Å². The van der Waals surface area contributed by atoms with E-state index in [0.717, 1.165) is 7.11 Å². The van der Waals surface area contributed by atoms with Crippen molar-refractivity contribution in [3.8, 4) is 0 Å². The summed E-state index contributed by atoms with van der Waals surface area (Å²) in [7, 11) is -3.39. The second kappa shape index (κ2) is 6.03. The van der Waals surface area contributed by atoms with Crippen molar-refractivity contribution in [3.05, 3.63) is 0 Å². The number of methoxy groups -OCH3 is 1. The third kappa shape index (κ3) is 4.60. The lowest BCUT2D eigenvalue weighted by atomic mass is 10.3. The van der Waals surface area contributed by atoms with Gasteiger partial charge in [0, 0.05) is 6.54 Å². The van der Waals surface area contributed by atoms with Crippen molar-refractivity contribution in [1.29, 1.82) is 0 Å². The third-order valence-corrected chi connectivity index (χ3v) is 3.88. The molecule has 1 rings (SSSR count). The lowest BCUT2D eigenvalue weighted by molar-refractivity contribution is -0.149. The summed E-state index contributed by atoms with van der Waals surface area (Å²) in [6.45, 7) is -2.21. The lowest BCUT2D eigenvalue weighted by Gasteiger charge is -2.32. The number of nitrogens with zero attached hydrogens (tertiary/aromatic N) is 1. The van der Waals surface area contributed by atoms with Gasteiger partial charge in [0.15, 0.2) is 0 Å². The van der Waals surface area contributed by atoms with Crippen molar-refractivity contribution >= 4 is 16.2 Å². The summed E-state index contributed by atoms with van der Waals surface area (Å²) in [6.07, 6.45) is -4.68. The molecule has 1 N–H and O–H groups in total. The molecule has 1 aliphatic heterocycles. The molecule has 11 heteroatoms. The number of alkyl halides is 3. The molecular formula is C8H13F3N2O5S. The number of carbonyl (C=O) groups is 1. The van der Waals surface area contributed by atoms with Gasteiger partial charge >= 0.3 is 12.1 Å². The number of carbonyl (C=O) groups excluding carboxylic acids is 1. The Balaban J connectivity index is 2.81. The largest absolute Gasteiger partial charge is 0.468 e. The van der Waals surface area contributed by atoms with E-state index in [4.69, 9.17) is 4.74 Å². The highest BCUT2D eigenvalue weighted by Gasteiger charge is 2.40. The lowest BCUT2D eigenvalue weighted by Crippen LogP contribution is -2.56. The van der Waals surface area contributed by atoms with Crippen LogP contribution in [0, 0.1) is 0 Å². The zero-order chi connectivity index (χ0) is 14.7.